The molecule has 2 rings (SSSR count). The summed E-state index contributed by atoms with van der Waals surface area (Å²) in [5.41, 5.74) is 1.72. The van der Waals surface area contributed by atoms with Crippen LogP contribution in [0.2, 0.25) is 0 Å². The third-order valence-electron chi connectivity index (χ3n) is 2.67. The second-order valence-electron chi connectivity index (χ2n) is 3.84. The lowest BCUT2D eigenvalue weighted by Crippen LogP contribution is -2.31. The number of methoxy groups -OCH3 is 1. The van der Waals surface area contributed by atoms with Crippen molar-refractivity contribution in [1.29, 1.82) is 0 Å². The Morgan fingerprint density at radius 3 is 2.39 bits per heavy atom. The van der Waals surface area contributed by atoms with Crippen LogP contribution in [0, 0.1) is 5.82 Å². The average molecular weight is 246 g/mol. The molecule has 92 valence electrons. The summed E-state index contributed by atoms with van der Waals surface area (Å²) in [5.74, 6) is 0.0319. The zero-order valence-corrected chi connectivity index (χ0v) is 9.80. The standard InChI is InChI=1S/C13H12BFO3/c1-18-13-8-10(5-6-12(13)14(16)17)9-3-2-4-11(15)7-9/h2-8,16-17H,1H3. The molecule has 0 aromatic heterocycles. The minimum atomic E-state index is -1.60. The third kappa shape index (κ3) is 2.52. The largest absolute Gasteiger partial charge is 0.497 e. The van der Waals surface area contributed by atoms with Gasteiger partial charge < -0.3 is 14.8 Å². The molecule has 0 heterocycles. The van der Waals surface area contributed by atoms with Gasteiger partial charge in [0.15, 0.2) is 0 Å². The number of benzene rings is 2. The quantitative estimate of drug-likeness (QED) is 0.799. The molecule has 0 amide bonds. The van der Waals surface area contributed by atoms with E-state index in [9.17, 15) is 4.39 Å². The van der Waals surface area contributed by atoms with E-state index >= 15 is 0 Å². The third-order valence-corrected chi connectivity index (χ3v) is 2.67. The molecule has 0 radical (unpaired) electrons. The maximum Gasteiger partial charge on any atom is 0.492 e. The molecule has 2 aromatic rings. The summed E-state index contributed by atoms with van der Waals surface area (Å²) < 4.78 is 18.2. The Hall–Kier alpha value is -1.85. The van der Waals surface area contributed by atoms with E-state index in [1.54, 1.807) is 30.3 Å². The van der Waals surface area contributed by atoms with E-state index in [0.29, 0.717) is 11.3 Å². The summed E-state index contributed by atoms with van der Waals surface area (Å²) in [6.45, 7) is 0. The van der Waals surface area contributed by atoms with Crippen molar-refractivity contribution in [2.45, 2.75) is 0 Å². The number of ether oxygens (including phenoxy) is 1. The Labute approximate surface area is 105 Å². The number of rotatable bonds is 3. The van der Waals surface area contributed by atoms with Crippen LogP contribution in [0.25, 0.3) is 11.1 Å². The van der Waals surface area contributed by atoms with E-state index in [1.165, 1.54) is 19.2 Å². The fourth-order valence-corrected chi connectivity index (χ4v) is 1.77. The highest BCUT2D eigenvalue weighted by atomic mass is 19.1. The van der Waals surface area contributed by atoms with Crippen molar-refractivity contribution in [2.24, 2.45) is 0 Å². The van der Waals surface area contributed by atoms with Gasteiger partial charge in [-0.2, -0.15) is 0 Å². The van der Waals surface area contributed by atoms with Crippen molar-refractivity contribution in [2.75, 3.05) is 7.11 Å². The lowest BCUT2D eigenvalue weighted by atomic mass is 9.79. The average Bonchev–Trinajstić information content (AvgIpc) is 2.37. The van der Waals surface area contributed by atoms with Crippen LogP contribution >= 0.6 is 0 Å². The highest BCUT2D eigenvalue weighted by Gasteiger charge is 2.17. The zero-order chi connectivity index (χ0) is 13.1. The predicted octanol–water partition coefficient (Wildman–Crippen LogP) is 1.18. The minimum absolute atomic E-state index is 0.276. The van der Waals surface area contributed by atoms with Gasteiger partial charge in [0.1, 0.15) is 11.6 Å². The molecule has 0 aliphatic heterocycles. The normalized spacial score (nSPS) is 10.2. The van der Waals surface area contributed by atoms with Crippen molar-refractivity contribution >= 4 is 12.6 Å². The summed E-state index contributed by atoms with van der Waals surface area (Å²) in [5, 5.41) is 18.3. The maximum absolute atomic E-state index is 13.1. The second-order valence-corrected chi connectivity index (χ2v) is 3.84. The molecule has 2 N–H and O–H groups in total. The minimum Gasteiger partial charge on any atom is -0.497 e. The molecule has 0 bridgehead atoms. The highest BCUT2D eigenvalue weighted by molar-refractivity contribution is 6.59. The van der Waals surface area contributed by atoms with Crippen LogP contribution < -0.4 is 10.2 Å². The Morgan fingerprint density at radius 2 is 1.78 bits per heavy atom. The number of hydrogen-bond acceptors (Lipinski definition) is 3. The van der Waals surface area contributed by atoms with E-state index < -0.39 is 7.12 Å². The van der Waals surface area contributed by atoms with Crippen molar-refractivity contribution < 1.29 is 19.2 Å². The van der Waals surface area contributed by atoms with E-state index in [1.807, 2.05) is 0 Å². The first-order chi connectivity index (χ1) is 8.61. The van der Waals surface area contributed by atoms with Crippen LogP contribution in [0.3, 0.4) is 0 Å². The fourth-order valence-electron chi connectivity index (χ4n) is 1.77. The van der Waals surface area contributed by atoms with Crippen LogP contribution in [0.15, 0.2) is 42.5 Å². The molecule has 0 saturated heterocycles. The summed E-state index contributed by atoms with van der Waals surface area (Å²) in [7, 11) is -0.155. The summed E-state index contributed by atoms with van der Waals surface area (Å²) >= 11 is 0. The molecular weight excluding hydrogens is 234 g/mol. The Morgan fingerprint density at radius 1 is 1.06 bits per heavy atom. The van der Waals surface area contributed by atoms with Gasteiger partial charge in [-0.05, 0) is 29.3 Å². The summed E-state index contributed by atoms with van der Waals surface area (Å²) in [6.07, 6.45) is 0. The molecule has 2 aromatic carbocycles. The lowest BCUT2D eigenvalue weighted by molar-refractivity contribution is 0.403. The first-order valence-electron chi connectivity index (χ1n) is 5.42. The smallest absolute Gasteiger partial charge is 0.492 e. The zero-order valence-electron chi connectivity index (χ0n) is 9.80. The Balaban J connectivity index is 2.47. The van der Waals surface area contributed by atoms with Crippen molar-refractivity contribution in [3.63, 3.8) is 0 Å². The van der Waals surface area contributed by atoms with Gasteiger partial charge in [-0.25, -0.2) is 4.39 Å². The molecule has 0 aliphatic carbocycles. The molecule has 18 heavy (non-hydrogen) atoms. The lowest BCUT2D eigenvalue weighted by Gasteiger charge is -2.10. The molecule has 0 aliphatic rings. The summed E-state index contributed by atoms with van der Waals surface area (Å²) in [6, 6.07) is 11.0. The molecule has 0 unspecified atom stereocenters. The SMILES string of the molecule is COc1cc(-c2cccc(F)c2)ccc1B(O)O. The highest BCUT2D eigenvalue weighted by Crippen LogP contribution is 2.23. The molecule has 0 fully saturated rings. The Kier molecular flexibility index (Phi) is 3.65. The van der Waals surface area contributed by atoms with Crippen molar-refractivity contribution in [3.8, 4) is 16.9 Å². The second kappa shape index (κ2) is 5.20. The first-order valence-corrected chi connectivity index (χ1v) is 5.42. The van der Waals surface area contributed by atoms with Crippen LogP contribution in [-0.2, 0) is 0 Å². The van der Waals surface area contributed by atoms with E-state index in [2.05, 4.69) is 0 Å². The molecular formula is C13H12BFO3. The van der Waals surface area contributed by atoms with E-state index in [0.717, 1.165) is 5.56 Å². The number of hydrogen-bond donors (Lipinski definition) is 2. The van der Waals surface area contributed by atoms with Gasteiger partial charge in [-0.15, -0.1) is 0 Å². The van der Waals surface area contributed by atoms with Crippen LogP contribution in [0.5, 0.6) is 5.75 Å². The van der Waals surface area contributed by atoms with Crippen LogP contribution in [0.1, 0.15) is 0 Å². The van der Waals surface area contributed by atoms with Gasteiger partial charge in [0.2, 0.25) is 0 Å². The maximum atomic E-state index is 13.1. The molecule has 5 heteroatoms. The summed E-state index contributed by atoms with van der Waals surface area (Å²) in [4.78, 5) is 0. The first kappa shape index (κ1) is 12.6. The van der Waals surface area contributed by atoms with Crippen LogP contribution in [-0.4, -0.2) is 24.3 Å². The van der Waals surface area contributed by atoms with Gasteiger partial charge in [0, 0.05) is 5.46 Å². The topological polar surface area (TPSA) is 49.7 Å². The Bertz CT molecular complexity index is 558. The van der Waals surface area contributed by atoms with E-state index in [-0.39, 0.29) is 11.3 Å². The number of halogens is 1. The molecule has 3 nitrogen and oxygen atoms in total. The predicted molar refractivity (Wildman–Crippen MR) is 68.2 cm³/mol. The van der Waals surface area contributed by atoms with Gasteiger partial charge in [0.25, 0.3) is 0 Å². The fraction of sp³-hybridized carbons (Fsp3) is 0.0769. The van der Waals surface area contributed by atoms with Gasteiger partial charge >= 0.3 is 7.12 Å². The van der Waals surface area contributed by atoms with Gasteiger partial charge in [-0.3, -0.25) is 0 Å². The van der Waals surface area contributed by atoms with Crippen molar-refractivity contribution in [1.82, 2.24) is 0 Å². The molecule has 0 spiro atoms. The van der Waals surface area contributed by atoms with Crippen molar-refractivity contribution in [3.05, 3.63) is 48.3 Å². The van der Waals surface area contributed by atoms with Gasteiger partial charge in [-0.1, -0.05) is 24.3 Å². The monoisotopic (exact) mass is 246 g/mol. The van der Waals surface area contributed by atoms with Gasteiger partial charge in [0.05, 0.1) is 7.11 Å². The molecule has 0 saturated carbocycles. The van der Waals surface area contributed by atoms with E-state index in [4.69, 9.17) is 14.8 Å². The van der Waals surface area contributed by atoms with Crippen LogP contribution in [0.4, 0.5) is 4.39 Å². The molecule has 0 atom stereocenters.